The van der Waals surface area contributed by atoms with Crippen molar-refractivity contribution < 1.29 is 9.53 Å². The highest BCUT2D eigenvalue weighted by Gasteiger charge is 2.28. The number of hydrogen-bond acceptors (Lipinski definition) is 2. The molecule has 0 saturated carbocycles. The fourth-order valence-electron chi connectivity index (χ4n) is 3.46. The third-order valence-corrected chi connectivity index (χ3v) is 4.72. The van der Waals surface area contributed by atoms with E-state index in [0.717, 1.165) is 12.8 Å². The standard InChI is InChI=1S/C22H27NO2/c1-22(2,3)13-8-14-23-21(24)25-15-20-18-11-6-4-9-16(18)17-10-5-7-12-19(17)20/h4-7,9-12,20H,8,13-15H2,1-3H3,(H,23,24). The summed E-state index contributed by atoms with van der Waals surface area (Å²) in [6.07, 6.45) is 1.72. The Kier molecular flexibility index (Phi) is 5.12. The number of carbonyl (C=O) groups is 1. The molecule has 25 heavy (non-hydrogen) atoms. The number of nitrogens with one attached hydrogen (secondary N) is 1. The van der Waals surface area contributed by atoms with E-state index in [0.29, 0.717) is 18.6 Å². The van der Waals surface area contributed by atoms with Crippen LogP contribution in [0.4, 0.5) is 4.79 Å². The minimum Gasteiger partial charge on any atom is -0.449 e. The van der Waals surface area contributed by atoms with Crippen LogP contribution in [-0.4, -0.2) is 19.2 Å². The van der Waals surface area contributed by atoms with E-state index in [1.807, 2.05) is 12.1 Å². The summed E-state index contributed by atoms with van der Waals surface area (Å²) in [6.45, 7) is 7.66. The van der Waals surface area contributed by atoms with E-state index in [2.05, 4.69) is 62.5 Å². The minimum atomic E-state index is -0.323. The third kappa shape index (κ3) is 4.22. The van der Waals surface area contributed by atoms with Gasteiger partial charge in [0.2, 0.25) is 0 Å². The summed E-state index contributed by atoms with van der Waals surface area (Å²) in [4.78, 5) is 12.0. The van der Waals surface area contributed by atoms with Gasteiger partial charge in [0.05, 0.1) is 0 Å². The van der Waals surface area contributed by atoms with E-state index >= 15 is 0 Å². The molecule has 1 aliphatic carbocycles. The Hall–Kier alpha value is -2.29. The number of rotatable bonds is 5. The quantitative estimate of drug-likeness (QED) is 0.747. The van der Waals surface area contributed by atoms with Crippen LogP contribution >= 0.6 is 0 Å². The maximum atomic E-state index is 12.0. The molecule has 0 spiro atoms. The number of alkyl carbamates (subject to hydrolysis) is 1. The van der Waals surface area contributed by atoms with Gasteiger partial charge in [0.15, 0.2) is 0 Å². The van der Waals surface area contributed by atoms with E-state index in [1.165, 1.54) is 22.3 Å². The van der Waals surface area contributed by atoms with Gasteiger partial charge in [0.1, 0.15) is 6.61 Å². The number of fused-ring (bicyclic) bond motifs is 3. The van der Waals surface area contributed by atoms with Crippen LogP contribution in [-0.2, 0) is 4.74 Å². The minimum absolute atomic E-state index is 0.118. The second kappa shape index (κ2) is 7.30. The number of ether oxygens (including phenoxy) is 1. The lowest BCUT2D eigenvalue weighted by Crippen LogP contribution is -2.27. The van der Waals surface area contributed by atoms with Gasteiger partial charge < -0.3 is 10.1 Å². The molecule has 1 N–H and O–H groups in total. The smallest absolute Gasteiger partial charge is 0.407 e. The molecule has 3 rings (SSSR count). The van der Waals surface area contributed by atoms with Gasteiger partial charge >= 0.3 is 6.09 Å². The summed E-state index contributed by atoms with van der Waals surface area (Å²) in [5.41, 5.74) is 5.27. The van der Waals surface area contributed by atoms with Crippen molar-refractivity contribution in [3.8, 4) is 11.1 Å². The van der Waals surface area contributed by atoms with Crippen LogP contribution in [0.25, 0.3) is 11.1 Å². The zero-order valence-corrected chi connectivity index (χ0v) is 15.3. The van der Waals surface area contributed by atoms with Gasteiger partial charge in [-0.25, -0.2) is 4.79 Å². The largest absolute Gasteiger partial charge is 0.449 e. The third-order valence-electron chi connectivity index (χ3n) is 4.72. The van der Waals surface area contributed by atoms with Crippen molar-refractivity contribution in [2.24, 2.45) is 5.41 Å². The first kappa shape index (κ1) is 17.5. The average Bonchev–Trinajstić information content (AvgIpc) is 2.90. The molecule has 3 heteroatoms. The van der Waals surface area contributed by atoms with E-state index in [-0.39, 0.29) is 12.0 Å². The van der Waals surface area contributed by atoms with Crippen LogP contribution in [0.1, 0.15) is 50.7 Å². The summed E-state index contributed by atoms with van der Waals surface area (Å²) >= 11 is 0. The van der Waals surface area contributed by atoms with Gasteiger partial charge in [0, 0.05) is 12.5 Å². The molecule has 0 aliphatic heterocycles. The second-order valence-corrected chi connectivity index (χ2v) is 7.92. The molecule has 0 aromatic heterocycles. The molecule has 132 valence electrons. The summed E-state index contributed by atoms with van der Waals surface area (Å²) in [5, 5.41) is 2.87. The number of carbonyl (C=O) groups excluding carboxylic acids is 1. The van der Waals surface area contributed by atoms with Gasteiger partial charge in [-0.1, -0.05) is 69.3 Å². The van der Waals surface area contributed by atoms with E-state index in [4.69, 9.17) is 4.74 Å². The fraction of sp³-hybridized carbons (Fsp3) is 0.409. The topological polar surface area (TPSA) is 38.3 Å². The maximum absolute atomic E-state index is 12.0. The van der Waals surface area contributed by atoms with Crippen molar-refractivity contribution in [2.45, 2.75) is 39.5 Å². The highest BCUT2D eigenvalue weighted by molar-refractivity contribution is 5.79. The van der Waals surface area contributed by atoms with Gasteiger partial charge in [0.25, 0.3) is 0 Å². The molecule has 0 bridgehead atoms. The first-order valence-corrected chi connectivity index (χ1v) is 9.04. The molecule has 2 aromatic rings. The summed E-state index contributed by atoms with van der Waals surface area (Å²) in [5.74, 6) is 0.118. The Morgan fingerprint density at radius 2 is 1.56 bits per heavy atom. The predicted octanol–water partition coefficient (Wildman–Crippen LogP) is 5.35. The Morgan fingerprint density at radius 3 is 2.12 bits per heavy atom. The number of hydrogen-bond donors (Lipinski definition) is 1. The average molecular weight is 337 g/mol. The summed E-state index contributed by atoms with van der Waals surface area (Å²) in [6, 6.07) is 16.7. The van der Waals surface area contributed by atoms with Gasteiger partial charge in [-0.3, -0.25) is 0 Å². The molecule has 0 radical (unpaired) electrons. The molecule has 3 nitrogen and oxygen atoms in total. The molecule has 0 saturated heterocycles. The first-order chi connectivity index (χ1) is 12.0. The van der Waals surface area contributed by atoms with Gasteiger partial charge in [-0.2, -0.15) is 0 Å². The van der Waals surface area contributed by atoms with Crippen molar-refractivity contribution in [3.63, 3.8) is 0 Å². The Balaban J connectivity index is 1.57. The van der Waals surface area contributed by atoms with Gasteiger partial charge in [-0.15, -0.1) is 0 Å². The molecule has 0 fully saturated rings. The Labute approximate surface area is 150 Å². The van der Waals surface area contributed by atoms with E-state index in [1.54, 1.807) is 0 Å². The normalized spacial score (nSPS) is 13.2. The lowest BCUT2D eigenvalue weighted by molar-refractivity contribution is 0.142. The summed E-state index contributed by atoms with van der Waals surface area (Å²) in [7, 11) is 0. The monoisotopic (exact) mass is 337 g/mol. The Morgan fingerprint density at radius 1 is 1.00 bits per heavy atom. The second-order valence-electron chi connectivity index (χ2n) is 7.92. The molecule has 1 amide bonds. The van der Waals surface area contributed by atoms with Crippen LogP contribution in [0.5, 0.6) is 0 Å². The van der Waals surface area contributed by atoms with Crippen molar-refractivity contribution in [1.82, 2.24) is 5.32 Å². The highest BCUT2D eigenvalue weighted by Crippen LogP contribution is 2.44. The number of amides is 1. The SMILES string of the molecule is CC(C)(C)CCCNC(=O)OCC1c2ccccc2-c2ccccc21. The van der Waals surface area contributed by atoms with Crippen LogP contribution in [0.2, 0.25) is 0 Å². The molecule has 0 unspecified atom stereocenters. The molecular formula is C22H27NO2. The van der Waals surface area contributed by atoms with Crippen LogP contribution < -0.4 is 5.32 Å². The molecule has 2 aromatic carbocycles. The van der Waals surface area contributed by atoms with Crippen LogP contribution in [0.15, 0.2) is 48.5 Å². The van der Waals surface area contributed by atoms with E-state index < -0.39 is 0 Å². The molecule has 0 atom stereocenters. The van der Waals surface area contributed by atoms with E-state index in [9.17, 15) is 4.79 Å². The van der Waals surface area contributed by atoms with Crippen LogP contribution in [0.3, 0.4) is 0 Å². The van der Waals surface area contributed by atoms with Gasteiger partial charge in [-0.05, 0) is 40.5 Å². The molecular weight excluding hydrogens is 310 g/mol. The molecule has 0 heterocycles. The van der Waals surface area contributed by atoms with Crippen molar-refractivity contribution >= 4 is 6.09 Å². The zero-order valence-electron chi connectivity index (χ0n) is 15.3. The fourth-order valence-corrected chi connectivity index (χ4v) is 3.46. The highest BCUT2D eigenvalue weighted by atomic mass is 16.5. The summed E-state index contributed by atoms with van der Waals surface area (Å²) < 4.78 is 5.52. The van der Waals surface area contributed by atoms with Crippen molar-refractivity contribution in [2.75, 3.05) is 13.2 Å². The molecule has 1 aliphatic rings. The van der Waals surface area contributed by atoms with Crippen molar-refractivity contribution in [3.05, 3.63) is 59.7 Å². The van der Waals surface area contributed by atoms with Crippen molar-refractivity contribution in [1.29, 1.82) is 0 Å². The lowest BCUT2D eigenvalue weighted by Gasteiger charge is -2.18. The number of benzene rings is 2. The Bertz CT molecular complexity index is 700. The zero-order chi connectivity index (χ0) is 17.9. The maximum Gasteiger partial charge on any atom is 0.407 e. The first-order valence-electron chi connectivity index (χ1n) is 9.04. The lowest BCUT2D eigenvalue weighted by atomic mass is 9.91. The van der Waals surface area contributed by atoms with Crippen LogP contribution in [0, 0.1) is 5.41 Å². The predicted molar refractivity (Wildman–Crippen MR) is 102 cm³/mol.